The van der Waals surface area contributed by atoms with Gasteiger partial charge in [0.1, 0.15) is 12.4 Å². The molecular weight excluding hydrogens is 256 g/mol. The second kappa shape index (κ2) is 6.31. The molecule has 1 aromatic rings. The van der Waals surface area contributed by atoms with Gasteiger partial charge < -0.3 is 9.47 Å². The van der Waals surface area contributed by atoms with Gasteiger partial charge in [0, 0.05) is 6.61 Å². The summed E-state index contributed by atoms with van der Waals surface area (Å²) >= 11 is 0. The molecule has 0 amide bonds. The van der Waals surface area contributed by atoms with Crippen LogP contribution in [0.1, 0.15) is 39.0 Å². The molecule has 6 nitrogen and oxygen atoms in total. The Hall–Kier alpha value is -0.920. The van der Waals surface area contributed by atoms with Crippen LogP contribution in [0.3, 0.4) is 0 Å². The molecular formula is C11H20N2O4S. The lowest BCUT2D eigenvalue weighted by Crippen LogP contribution is -2.21. The first-order chi connectivity index (χ1) is 8.40. The highest BCUT2D eigenvalue weighted by molar-refractivity contribution is 7.89. The topological polar surface area (TPSA) is 70.4 Å². The Morgan fingerprint density at radius 1 is 1.44 bits per heavy atom. The lowest BCUT2D eigenvalue weighted by molar-refractivity contribution is -0.160. The Bertz CT molecular complexity index is 469. The maximum Gasteiger partial charge on any atom is 0.237 e. The van der Waals surface area contributed by atoms with E-state index < -0.39 is 10.0 Å². The number of hydrogen-bond acceptors (Lipinski definition) is 5. The zero-order valence-electron chi connectivity index (χ0n) is 11.2. The minimum atomic E-state index is -3.36. The van der Waals surface area contributed by atoms with Crippen LogP contribution in [0.2, 0.25) is 0 Å². The summed E-state index contributed by atoms with van der Waals surface area (Å²) < 4.78 is 35.3. The predicted molar refractivity (Wildman–Crippen MR) is 67.7 cm³/mol. The van der Waals surface area contributed by atoms with Crippen molar-refractivity contribution in [2.75, 3.05) is 12.9 Å². The lowest BCUT2D eigenvalue weighted by atomic mass is 10.2. The van der Waals surface area contributed by atoms with E-state index in [1.54, 1.807) is 6.92 Å². The summed E-state index contributed by atoms with van der Waals surface area (Å²) in [5.41, 5.74) is 0.520. The van der Waals surface area contributed by atoms with Crippen molar-refractivity contribution < 1.29 is 17.9 Å². The van der Waals surface area contributed by atoms with Gasteiger partial charge in [-0.15, -0.1) is 0 Å². The molecule has 0 saturated heterocycles. The summed E-state index contributed by atoms with van der Waals surface area (Å²) in [5.74, 6) is 0. The van der Waals surface area contributed by atoms with Gasteiger partial charge in [-0.1, -0.05) is 6.92 Å². The normalized spacial score (nSPS) is 15.6. The van der Waals surface area contributed by atoms with Gasteiger partial charge in [0.05, 0.1) is 18.1 Å². The van der Waals surface area contributed by atoms with Gasteiger partial charge in [-0.2, -0.15) is 0 Å². The molecule has 0 N–H and O–H groups in total. The predicted octanol–water partition coefficient (Wildman–Crippen LogP) is 1.54. The zero-order chi connectivity index (χ0) is 13.8. The van der Waals surface area contributed by atoms with Crippen molar-refractivity contribution >= 4 is 10.0 Å². The first-order valence-corrected chi connectivity index (χ1v) is 7.74. The van der Waals surface area contributed by atoms with E-state index in [-0.39, 0.29) is 12.4 Å². The Kier molecular flexibility index (Phi) is 5.30. The molecule has 0 aliphatic carbocycles. The fraction of sp³-hybridized carbons (Fsp3) is 0.727. The van der Waals surface area contributed by atoms with Crippen LogP contribution in [0.4, 0.5) is 0 Å². The number of ether oxygens (including phenoxy) is 2. The van der Waals surface area contributed by atoms with Crippen LogP contribution in [0.15, 0.2) is 12.5 Å². The van der Waals surface area contributed by atoms with Crippen LogP contribution in [0.25, 0.3) is 0 Å². The maximum absolute atomic E-state index is 11.6. The molecule has 1 heterocycles. The molecule has 0 fully saturated rings. The summed E-state index contributed by atoms with van der Waals surface area (Å²) in [6.07, 6.45) is 3.82. The standard InChI is InChI=1S/C11H20N2O4S/c1-5-11(17-9(3)16-6-2)10-7-12-8-13(10)18(4,14)15/h7-9,11H,5-6H2,1-4H3. The lowest BCUT2D eigenvalue weighted by Gasteiger charge is -2.21. The van der Waals surface area contributed by atoms with E-state index >= 15 is 0 Å². The SMILES string of the molecule is CCOC(C)OC(CC)c1cncn1S(C)(=O)=O. The van der Waals surface area contributed by atoms with Crippen LogP contribution in [-0.2, 0) is 19.5 Å². The summed E-state index contributed by atoms with van der Waals surface area (Å²) in [6, 6.07) is 0. The highest BCUT2D eigenvalue weighted by Gasteiger charge is 2.21. The third-order valence-corrected chi connectivity index (χ3v) is 3.47. The van der Waals surface area contributed by atoms with Gasteiger partial charge in [0.15, 0.2) is 6.29 Å². The van der Waals surface area contributed by atoms with Crippen LogP contribution in [0.5, 0.6) is 0 Å². The molecule has 0 spiro atoms. The van der Waals surface area contributed by atoms with Crippen molar-refractivity contribution in [3.63, 3.8) is 0 Å². The molecule has 0 bridgehead atoms. The van der Waals surface area contributed by atoms with Gasteiger partial charge in [-0.05, 0) is 20.3 Å². The van der Waals surface area contributed by atoms with E-state index in [0.717, 1.165) is 10.2 Å². The van der Waals surface area contributed by atoms with Gasteiger partial charge in [0.25, 0.3) is 0 Å². The monoisotopic (exact) mass is 276 g/mol. The second-order valence-electron chi connectivity index (χ2n) is 3.93. The Morgan fingerprint density at radius 2 is 2.11 bits per heavy atom. The van der Waals surface area contributed by atoms with E-state index in [0.29, 0.717) is 18.7 Å². The van der Waals surface area contributed by atoms with Crippen LogP contribution in [0, 0.1) is 0 Å². The van der Waals surface area contributed by atoms with Crippen molar-refractivity contribution in [1.29, 1.82) is 0 Å². The van der Waals surface area contributed by atoms with Gasteiger partial charge >= 0.3 is 0 Å². The third-order valence-electron chi connectivity index (χ3n) is 2.45. The van der Waals surface area contributed by atoms with Gasteiger partial charge in [-0.25, -0.2) is 17.4 Å². The summed E-state index contributed by atoms with van der Waals surface area (Å²) in [7, 11) is -3.36. The number of hydrogen-bond donors (Lipinski definition) is 0. The number of nitrogens with zero attached hydrogens (tertiary/aromatic N) is 2. The molecule has 0 saturated carbocycles. The van der Waals surface area contributed by atoms with E-state index in [9.17, 15) is 8.42 Å². The average Bonchev–Trinajstić information content (AvgIpc) is 2.74. The van der Waals surface area contributed by atoms with E-state index in [4.69, 9.17) is 9.47 Å². The molecule has 0 aromatic carbocycles. The van der Waals surface area contributed by atoms with Crippen LogP contribution in [-0.4, -0.2) is 36.5 Å². The third kappa shape index (κ3) is 3.79. The average molecular weight is 276 g/mol. The van der Waals surface area contributed by atoms with Crippen molar-refractivity contribution in [3.05, 3.63) is 18.2 Å². The second-order valence-corrected chi connectivity index (χ2v) is 5.79. The molecule has 2 atom stereocenters. The molecule has 18 heavy (non-hydrogen) atoms. The Balaban J connectivity index is 2.93. The van der Waals surface area contributed by atoms with Crippen molar-refractivity contribution in [3.8, 4) is 0 Å². The van der Waals surface area contributed by atoms with Crippen molar-refractivity contribution in [2.24, 2.45) is 0 Å². The maximum atomic E-state index is 11.6. The fourth-order valence-electron chi connectivity index (χ4n) is 1.68. The van der Waals surface area contributed by atoms with Crippen LogP contribution < -0.4 is 0 Å². The summed E-state index contributed by atoms with van der Waals surface area (Å²) in [5, 5.41) is 0. The summed E-state index contributed by atoms with van der Waals surface area (Å²) in [6.45, 7) is 6.13. The minimum Gasteiger partial charge on any atom is -0.353 e. The molecule has 0 aliphatic rings. The highest BCUT2D eigenvalue weighted by atomic mass is 32.2. The fourth-order valence-corrected chi connectivity index (χ4v) is 2.45. The smallest absolute Gasteiger partial charge is 0.237 e. The van der Waals surface area contributed by atoms with E-state index in [1.807, 2.05) is 13.8 Å². The first-order valence-electron chi connectivity index (χ1n) is 5.90. The molecule has 7 heteroatoms. The molecule has 0 aliphatic heterocycles. The Labute approximate surface area is 108 Å². The number of aromatic nitrogens is 2. The van der Waals surface area contributed by atoms with E-state index in [1.165, 1.54) is 12.5 Å². The van der Waals surface area contributed by atoms with Gasteiger partial charge in [-0.3, -0.25) is 0 Å². The zero-order valence-corrected chi connectivity index (χ0v) is 12.0. The van der Waals surface area contributed by atoms with E-state index in [2.05, 4.69) is 4.98 Å². The molecule has 1 rings (SSSR count). The largest absolute Gasteiger partial charge is 0.353 e. The highest BCUT2D eigenvalue weighted by Crippen LogP contribution is 2.23. The quantitative estimate of drug-likeness (QED) is 0.706. The first kappa shape index (κ1) is 15.1. The minimum absolute atomic E-state index is 0.358. The van der Waals surface area contributed by atoms with Crippen LogP contribution >= 0.6 is 0 Å². The van der Waals surface area contributed by atoms with Crippen molar-refractivity contribution in [1.82, 2.24) is 8.96 Å². The molecule has 1 aromatic heterocycles. The molecule has 104 valence electrons. The summed E-state index contributed by atoms with van der Waals surface area (Å²) in [4.78, 5) is 3.87. The van der Waals surface area contributed by atoms with Gasteiger partial charge in [0.2, 0.25) is 10.0 Å². The number of rotatable bonds is 7. The molecule has 2 unspecified atom stereocenters. The Morgan fingerprint density at radius 3 is 2.61 bits per heavy atom. The number of imidazole rings is 1. The van der Waals surface area contributed by atoms with Crippen molar-refractivity contribution in [2.45, 2.75) is 39.6 Å². The molecule has 0 radical (unpaired) electrons.